The van der Waals surface area contributed by atoms with E-state index in [1.165, 1.54) is 42.7 Å². The van der Waals surface area contributed by atoms with E-state index in [2.05, 4.69) is 25.7 Å². The van der Waals surface area contributed by atoms with Crippen LogP contribution < -0.4 is 14.5 Å². The molecule has 0 spiro atoms. The molecule has 2 aliphatic rings. The number of pyridine rings is 1. The molecule has 3 aromatic rings. The lowest BCUT2D eigenvalue weighted by Gasteiger charge is -2.26. The van der Waals surface area contributed by atoms with Gasteiger partial charge in [0.1, 0.15) is 16.1 Å². The number of rotatable bonds is 12. The van der Waals surface area contributed by atoms with Crippen molar-refractivity contribution in [2.75, 3.05) is 18.9 Å². The van der Waals surface area contributed by atoms with E-state index < -0.39 is 34.1 Å². The largest absolute Gasteiger partial charge is 0.489 e. The average Bonchev–Trinajstić information content (AvgIpc) is 3.66. The maximum absolute atomic E-state index is 13.7. The van der Waals surface area contributed by atoms with Gasteiger partial charge < -0.3 is 14.2 Å². The number of halogens is 5. The number of aromatic nitrogens is 1. The zero-order chi connectivity index (χ0) is 31.6. The van der Waals surface area contributed by atoms with E-state index in [-0.39, 0.29) is 39.4 Å². The average molecular weight is 753 g/mol. The molecule has 1 N–H and O–H groups in total. The molecule has 44 heavy (non-hydrogen) atoms. The Labute approximate surface area is 276 Å². The van der Waals surface area contributed by atoms with Crippen LogP contribution in [0.4, 0.5) is 8.78 Å². The Hall–Kier alpha value is -2.16. The van der Waals surface area contributed by atoms with Crippen molar-refractivity contribution in [3.05, 3.63) is 80.0 Å². The minimum atomic E-state index is -4.05. The third-order valence-electron chi connectivity index (χ3n) is 7.17. The van der Waals surface area contributed by atoms with Crippen molar-refractivity contribution in [1.29, 1.82) is 0 Å². The maximum Gasteiger partial charge on any atom is 0.387 e. The highest BCUT2D eigenvalue weighted by molar-refractivity contribution is 9.10. The molecule has 1 aromatic heterocycles. The van der Waals surface area contributed by atoms with Crippen LogP contribution >= 0.6 is 50.9 Å². The minimum absolute atomic E-state index is 0.00421. The van der Waals surface area contributed by atoms with E-state index >= 15 is 0 Å². The number of nitrogens with zero attached hydrogens (tertiary/aromatic N) is 1. The molecule has 0 bridgehead atoms. The Morgan fingerprint density at radius 2 is 1.86 bits per heavy atom. The zero-order valence-electron chi connectivity index (χ0n) is 23.3. The van der Waals surface area contributed by atoms with Crippen molar-refractivity contribution in [3.8, 4) is 11.5 Å². The van der Waals surface area contributed by atoms with Crippen LogP contribution in [0.1, 0.15) is 35.6 Å². The molecular weight excluding hydrogens is 725 g/mol. The summed E-state index contributed by atoms with van der Waals surface area (Å²) in [7, 11) is -4.05. The van der Waals surface area contributed by atoms with Crippen LogP contribution in [-0.4, -0.2) is 49.6 Å². The number of sulfonamides is 1. The molecule has 0 amide bonds. The van der Waals surface area contributed by atoms with E-state index in [0.29, 0.717) is 33.9 Å². The molecule has 2 heterocycles. The van der Waals surface area contributed by atoms with Gasteiger partial charge in [0.25, 0.3) is 0 Å². The molecule has 0 radical (unpaired) electrons. The fraction of sp³-hybridized carbons (Fsp3) is 0.379. The number of hydrogen-bond donors (Lipinski definition) is 0. The topological polar surface area (TPSA) is 96.3 Å². The zero-order valence-corrected chi connectivity index (χ0v) is 28.0. The van der Waals surface area contributed by atoms with Gasteiger partial charge in [0.15, 0.2) is 29.3 Å². The highest BCUT2D eigenvalue weighted by Gasteiger charge is 2.42. The number of aryl methyl sites for hydroxylation is 1. The van der Waals surface area contributed by atoms with E-state index in [1.807, 2.05) is 6.92 Å². The van der Waals surface area contributed by atoms with Gasteiger partial charge >= 0.3 is 12.6 Å². The second-order valence-electron chi connectivity index (χ2n) is 10.3. The normalized spacial score (nSPS) is 17.9. The number of alkyl halides is 2. The lowest BCUT2D eigenvalue weighted by molar-refractivity contribution is -0.377. The number of carbonyl (C=O) groups is 1. The molecule has 0 unspecified atom stereocenters. The predicted octanol–water partition coefficient (Wildman–Crippen LogP) is 6.86. The van der Waals surface area contributed by atoms with Crippen LogP contribution in [0.2, 0.25) is 10.0 Å². The van der Waals surface area contributed by atoms with Gasteiger partial charge in [-0.3, -0.25) is 0 Å². The molecule has 15 heteroatoms. The Kier molecular flexibility index (Phi) is 10.6. The number of nitrogens with one attached hydrogen (secondary N) is 1. The summed E-state index contributed by atoms with van der Waals surface area (Å²) in [5, 5.41) is -0.596. The van der Waals surface area contributed by atoms with Gasteiger partial charge in [-0.1, -0.05) is 51.3 Å². The van der Waals surface area contributed by atoms with E-state index in [9.17, 15) is 22.0 Å². The number of benzene rings is 2. The van der Waals surface area contributed by atoms with E-state index in [1.54, 1.807) is 6.07 Å². The van der Waals surface area contributed by atoms with Gasteiger partial charge in [-0.05, 0) is 61.1 Å². The Balaban J connectivity index is 1.46. The summed E-state index contributed by atoms with van der Waals surface area (Å²) in [5.41, 5.74) is 1.72. The fourth-order valence-corrected chi connectivity index (χ4v) is 8.70. The highest BCUT2D eigenvalue weighted by atomic mass is 79.9. The molecule has 1 aliphatic heterocycles. The SMILES string of the molecule is Cc1ccc(S(=O)(=O)N2CCS[C@H]2C(=O)O[C@@H](Cc2c(Cl)c[nH+]cc2Cl)c2ccc(OC(F)F)c(OCC3CC3)c2)cc1Br. The highest BCUT2D eigenvalue weighted by Crippen LogP contribution is 2.39. The van der Waals surface area contributed by atoms with Crippen molar-refractivity contribution >= 4 is 66.9 Å². The standard InChI is InChI=1S/C29H27BrCl2F2N2O6S2/c1-16-2-6-19(11-21(16)30)44(38,39)36-8-9-43-27(36)28(37)41-25(12-20-22(31)13-35-14-23(20)32)18-5-7-24(42-29(33)34)26(10-18)40-15-17-3-4-17/h2,5-7,10-11,13-14,17,25,27,29H,3-4,8-9,12,15H2,1H3/p+1/t25-,27-/m0/s1. The minimum Gasteiger partial charge on any atom is -0.489 e. The first kappa shape index (κ1) is 33.2. The lowest BCUT2D eigenvalue weighted by atomic mass is 10.0. The number of H-pyrrole nitrogens is 1. The van der Waals surface area contributed by atoms with Gasteiger partial charge in [0.05, 0.1) is 11.5 Å². The lowest BCUT2D eigenvalue weighted by Crippen LogP contribution is -2.40. The second kappa shape index (κ2) is 14.1. The molecule has 1 aliphatic carbocycles. The van der Waals surface area contributed by atoms with Crippen LogP contribution in [0.3, 0.4) is 0 Å². The van der Waals surface area contributed by atoms with Crippen LogP contribution in [0.25, 0.3) is 0 Å². The number of esters is 1. The summed E-state index contributed by atoms with van der Waals surface area (Å²) < 4.78 is 71.8. The Bertz CT molecular complexity index is 1630. The third kappa shape index (κ3) is 7.79. The summed E-state index contributed by atoms with van der Waals surface area (Å²) in [6.45, 7) is -0.809. The van der Waals surface area contributed by atoms with Gasteiger partial charge in [-0.25, -0.2) is 18.2 Å². The maximum atomic E-state index is 13.7. The van der Waals surface area contributed by atoms with Crippen LogP contribution in [0.5, 0.6) is 11.5 Å². The first-order chi connectivity index (χ1) is 20.9. The van der Waals surface area contributed by atoms with Crippen molar-refractivity contribution in [2.24, 2.45) is 5.92 Å². The quantitative estimate of drug-likeness (QED) is 0.187. The van der Waals surface area contributed by atoms with Crippen molar-refractivity contribution < 1.29 is 41.2 Å². The van der Waals surface area contributed by atoms with Gasteiger partial charge in [0, 0.05) is 28.8 Å². The summed E-state index contributed by atoms with van der Waals surface area (Å²) in [6.07, 6.45) is 3.96. The van der Waals surface area contributed by atoms with Crippen LogP contribution in [0, 0.1) is 12.8 Å². The van der Waals surface area contributed by atoms with Crippen molar-refractivity contribution in [1.82, 2.24) is 4.31 Å². The second-order valence-corrected chi connectivity index (χ2v) is 15.1. The molecule has 1 saturated heterocycles. The smallest absolute Gasteiger partial charge is 0.387 e. The number of aromatic amines is 1. The molecule has 2 aromatic carbocycles. The summed E-state index contributed by atoms with van der Waals surface area (Å²) in [5.74, 6) is -0.185. The Morgan fingerprint density at radius 3 is 2.52 bits per heavy atom. The molecule has 8 nitrogen and oxygen atoms in total. The van der Waals surface area contributed by atoms with E-state index in [4.69, 9.17) is 32.7 Å². The molecule has 1 saturated carbocycles. The fourth-order valence-electron chi connectivity index (χ4n) is 4.56. The molecule has 2 fully saturated rings. The number of hydrogen-bond acceptors (Lipinski definition) is 7. The molecule has 5 rings (SSSR count). The van der Waals surface area contributed by atoms with Gasteiger partial charge in [-0.2, -0.15) is 13.1 Å². The van der Waals surface area contributed by atoms with Crippen molar-refractivity contribution in [2.45, 2.75) is 49.2 Å². The number of ether oxygens (including phenoxy) is 3. The molecular formula is C29H28BrCl2F2N2O6S2+. The third-order valence-corrected chi connectivity index (χ3v) is 11.9. The first-order valence-corrected chi connectivity index (χ1v) is 17.6. The van der Waals surface area contributed by atoms with Gasteiger partial charge in [-0.15, -0.1) is 11.8 Å². The summed E-state index contributed by atoms with van der Waals surface area (Å²) in [6, 6.07) is 8.96. The molecule has 2 atom stereocenters. The number of thioether (sulfide) groups is 1. The number of carbonyl (C=O) groups excluding carboxylic acids is 1. The summed E-state index contributed by atoms with van der Waals surface area (Å²) >= 11 is 17.4. The monoisotopic (exact) mass is 751 g/mol. The van der Waals surface area contributed by atoms with Crippen molar-refractivity contribution in [3.63, 3.8) is 0 Å². The van der Waals surface area contributed by atoms with Crippen LogP contribution in [0.15, 0.2) is 58.2 Å². The molecule has 236 valence electrons. The van der Waals surface area contributed by atoms with E-state index in [0.717, 1.165) is 34.5 Å². The van der Waals surface area contributed by atoms with Crippen LogP contribution in [-0.2, 0) is 26.0 Å². The summed E-state index contributed by atoms with van der Waals surface area (Å²) in [4.78, 5) is 16.6. The predicted molar refractivity (Wildman–Crippen MR) is 166 cm³/mol. The Morgan fingerprint density at radius 1 is 1.14 bits per heavy atom. The first-order valence-electron chi connectivity index (χ1n) is 13.6. The van der Waals surface area contributed by atoms with Gasteiger partial charge in [0.2, 0.25) is 10.0 Å².